The highest BCUT2D eigenvalue weighted by atomic mass is 16.6. The number of hydrogen-bond donors (Lipinski definition) is 1. The number of hydrogen-bond acceptors (Lipinski definition) is 3. The van der Waals surface area contributed by atoms with Crippen LogP contribution in [0, 0.1) is 5.41 Å². The molecule has 0 heterocycles. The minimum atomic E-state index is -0.557. The summed E-state index contributed by atoms with van der Waals surface area (Å²) in [7, 11) is 0. The summed E-state index contributed by atoms with van der Waals surface area (Å²) in [4.78, 5) is 12.0. The van der Waals surface area contributed by atoms with Crippen molar-refractivity contribution in [2.45, 2.75) is 78.9 Å². The lowest BCUT2D eigenvalue weighted by atomic mass is 9.89. The Kier molecular flexibility index (Phi) is 6.17. The molecule has 0 aromatic heterocycles. The lowest BCUT2D eigenvalue weighted by Crippen LogP contribution is -2.39. The molecule has 3 heteroatoms. The van der Waals surface area contributed by atoms with Crippen molar-refractivity contribution in [2.24, 2.45) is 5.41 Å². The van der Waals surface area contributed by atoms with Crippen molar-refractivity contribution in [1.29, 1.82) is 0 Å². The molecule has 0 saturated heterocycles. The molecular formula is C14H28O3. The quantitative estimate of drug-likeness (QED) is 0.699. The molecule has 0 fully saturated rings. The summed E-state index contributed by atoms with van der Waals surface area (Å²) in [5, 5.41) is 9.71. The summed E-state index contributed by atoms with van der Waals surface area (Å²) in [5.41, 5.74) is -1.01. The number of rotatable bonds is 7. The molecule has 0 spiro atoms. The summed E-state index contributed by atoms with van der Waals surface area (Å²) < 4.78 is 5.62. The average molecular weight is 244 g/mol. The van der Waals surface area contributed by atoms with Gasteiger partial charge in [-0.25, -0.2) is 0 Å². The predicted octanol–water partition coefficient (Wildman–Crippen LogP) is 3.30. The van der Waals surface area contributed by atoms with Crippen LogP contribution in [0.4, 0.5) is 0 Å². The van der Waals surface area contributed by atoms with Crippen LogP contribution in [-0.4, -0.2) is 22.8 Å². The molecule has 0 rings (SSSR count). The van der Waals surface area contributed by atoms with Crippen LogP contribution in [0.25, 0.3) is 0 Å². The van der Waals surface area contributed by atoms with E-state index in [1.165, 1.54) is 0 Å². The predicted molar refractivity (Wildman–Crippen MR) is 69.8 cm³/mol. The lowest BCUT2D eigenvalue weighted by molar-refractivity contribution is -0.172. The number of carbonyl (C=O) groups is 1. The standard InChI is InChI=1S/C14H28O3/c1-7-11(15)10-14(6,9-3)17-12(16)13(4,5)8-2/h11,15H,7-10H2,1-6H3. The fourth-order valence-electron chi connectivity index (χ4n) is 1.41. The third kappa shape index (κ3) is 5.07. The van der Waals surface area contributed by atoms with Gasteiger partial charge in [0.1, 0.15) is 5.60 Å². The van der Waals surface area contributed by atoms with Gasteiger partial charge in [-0.3, -0.25) is 4.79 Å². The number of ether oxygens (including phenoxy) is 1. The van der Waals surface area contributed by atoms with Crippen molar-refractivity contribution in [3.63, 3.8) is 0 Å². The molecule has 2 unspecified atom stereocenters. The smallest absolute Gasteiger partial charge is 0.312 e. The van der Waals surface area contributed by atoms with Crippen molar-refractivity contribution < 1.29 is 14.6 Å². The zero-order valence-corrected chi connectivity index (χ0v) is 12.2. The number of aliphatic hydroxyl groups excluding tert-OH is 1. The van der Waals surface area contributed by atoms with Crippen LogP contribution in [0.3, 0.4) is 0 Å². The van der Waals surface area contributed by atoms with Crippen molar-refractivity contribution in [3.8, 4) is 0 Å². The van der Waals surface area contributed by atoms with E-state index in [1.807, 2.05) is 41.5 Å². The molecule has 0 bridgehead atoms. The van der Waals surface area contributed by atoms with Crippen LogP contribution < -0.4 is 0 Å². The summed E-state index contributed by atoms with van der Waals surface area (Å²) in [6.45, 7) is 11.6. The van der Waals surface area contributed by atoms with Crippen LogP contribution in [0.2, 0.25) is 0 Å². The monoisotopic (exact) mass is 244 g/mol. The SMILES string of the molecule is CCC(O)CC(C)(CC)OC(=O)C(C)(C)CC. The van der Waals surface area contributed by atoms with Gasteiger partial charge in [0, 0.05) is 6.42 Å². The molecular weight excluding hydrogens is 216 g/mol. The first-order chi connectivity index (χ1) is 7.70. The van der Waals surface area contributed by atoms with E-state index in [0.717, 1.165) is 12.8 Å². The fourth-order valence-corrected chi connectivity index (χ4v) is 1.41. The molecule has 0 saturated carbocycles. The fraction of sp³-hybridized carbons (Fsp3) is 0.929. The Morgan fingerprint density at radius 2 is 1.71 bits per heavy atom. The Balaban J connectivity index is 4.63. The van der Waals surface area contributed by atoms with E-state index in [2.05, 4.69) is 0 Å². The van der Waals surface area contributed by atoms with Crippen LogP contribution in [0.1, 0.15) is 67.2 Å². The second-order valence-electron chi connectivity index (χ2n) is 5.70. The second-order valence-corrected chi connectivity index (χ2v) is 5.70. The number of aliphatic hydroxyl groups is 1. The van der Waals surface area contributed by atoms with Gasteiger partial charge < -0.3 is 9.84 Å². The average Bonchev–Trinajstić information content (AvgIpc) is 2.28. The molecule has 0 aliphatic rings. The van der Waals surface area contributed by atoms with E-state index in [1.54, 1.807) is 0 Å². The van der Waals surface area contributed by atoms with Crippen LogP contribution >= 0.6 is 0 Å². The minimum Gasteiger partial charge on any atom is -0.459 e. The minimum absolute atomic E-state index is 0.173. The molecule has 0 aromatic rings. The maximum Gasteiger partial charge on any atom is 0.312 e. The topological polar surface area (TPSA) is 46.5 Å². The largest absolute Gasteiger partial charge is 0.459 e. The molecule has 0 amide bonds. The van der Waals surface area contributed by atoms with Gasteiger partial charge in [0.05, 0.1) is 11.5 Å². The first-order valence-electron chi connectivity index (χ1n) is 6.62. The van der Waals surface area contributed by atoms with Gasteiger partial charge in [-0.1, -0.05) is 20.8 Å². The zero-order valence-electron chi connectivity index (χ0n) is 12.2. The Hall–Kier alpha value is -0.570. The highest BCUT2D eigenvalue weighted by Crippen LogP contribution is 2.29. The van der Waals surface area contributed by atoms with Gasteiger partial charge in [0.2, 0.25) is 0 Å². The van der Waals surface area contributed by atoms with Gasteiger partial charge in [0.25, 0.3) is 0 Å². The maximum absolute atomic E-state index is 12.0. The number of carbonyl (C=O) groups excluding carboxylic acids is 1. The summed E-state index contributed by atoms with van der Waals surface area (Å²) in [6.07, 6.45) is 2.26. The molecule has 0 radical (unpaired) electrons. The van der Waals surface area contributed by atoms with Crippen molar-refractivity contribution in [1.82, 2.24) is 0 Å². The first kappa shape index (κ1) is 16.4. The van der Waals surface area contributed by atoms with E-state index in [-0.39, 0.29) is 5.97 Å². The first-order valence-corrected chi connectivity index (χ1v) is 6.62. The van der Waals surface area contributed by atoms with Gasteiger partial charge in [-0.15, -0.1) is 0 Å². The normalized spacial score (nSPS) is 17.4. The Morgan fingerprint density at radius 3 is 2.06 bits per heavy atom. The van der Waals surface area contributed by atoms with Gasteiger partial charge >= 0.3 is 5.97 Å². The van der Waals surface area contributed by atoms with Crippen LogP contribution in [-0.2, 0) is 9.53 Å². The molecule has 0 aliphatic heterocycles. The van der Waals surface area contributed by atoms with Gasteiger partial charge in [0.15, 0.2) is 0 Å². The van der Waals surface area contributed by atoms with Crippen molar-refractivity contribution >= 4 is 5.97 Å². The Bertz CT molecular complexity index is 248. The van der Waals surface area contributed by atoms with E-state index in [0.29, 0.717) is 12.8 Å². The molecule has 102 valence electrons. The summed E-state index contributed by atoms with van der Waals surface area (Å²) >= 11 is 0. The molecule has 0 aromatic carbocycles. The summed E-state index contributed by atoms with van der Waals surface area (Å²) in [5.74, 6) is -0.173. The maximum atomic E-state index is 12.0. The van der Waals surface area contributed by atoms with Crippen LogP contribution in [0.15, 0.2) is 0 Å². The van der Waals surface area contributed by atoms with E-state index in [4.69, 9.17) is 4.74 Å². The molecule has 1 N–H and O–H groups in total. The lowest BCUT2D eigenvalue weighted by Gasteiger charge is -2.34. The highest BCUT2D eigenvalue weighted by Gasteiger charge is 2.35. The van der Waals surface area contributed by atoms with E-state index >= 15 is 0 Å². The third-order valence-corrected chi connectivity index (χ3v) is 3.66. The van der Waals surface area contributed by atoms with E-state index < -0.39 is 17.1 Å². The second kappa shape index (κ2) is 6.39. The van der Waals surface area contributed by atoms with E-state index in [9.17, 15) is 9.90 Å². The third-order valence-electron chi connectivity index (χ3n) is 3.66. The summed E-state index contributed by atoms with van der Waals surface area (Å²) in [6, 6.07) is 0. The molecule has 3 nitrogen and oxygen atoms in total. The Labute approximate surface area is 106 Å². The van der Waals surface area contributed by atoms with Gasteiger partial charge in [-0.2, -0.15) is 0 Å². The van der Waals surface area contributed by atoms with Gasteiger partial charge in [-0.05, 0) is 40.0 Å². The molecule has 2 atom stereocenters. The van der Waals surface area contributed by atoms with Crippen molar-refractivity contribution in [2.75, 3.05) is 0 Å². The highest BCUT2D eigenvalue weighted by molar-refractivity contribution is 5.76. The molecule has 17 heavy (non-hydrogen) atoms. The van der Waals surface area contributed by atoms with Crippen LogP contribution in [0.5, 0.6) is 0 Å². The Morgan fingerprint density at radius 1 is 1.18 bits per heavy atom. The molecule has 0 aliphatic carbocycles. The van der Waals surface area contributed by atoms with Crippen molar-refractivity contribution in [3.05, 3.63) is 0 Å². The zero-order chi connectivity index (χ0) is 13.7. The number of esters is 1.